The van der Waals surface area contributed by atoms with Crippen molar-refractivity contribution in [3.63, 3.8) is 0 Å². The lowest BCUT2D eigenvalue weighted by Crippen LogP contribution is -2.37. The highest BCUT2D eigenvalue weighted by Crippen LogP contribution is 2.11. The molecular weight excluding hydrogens is 216 g/mol. The van der Waals surface area contributed by atoms with E-state index in [0.717, 1.165) is 6.08 Å². The number of imide groups is 1. The minimum atomic E-state index is -0.890. The maximum absolute atomic E-state index is 11.1. The molecule has 86 valence electrons. The second-order valence-electron chi connectivity index (χ2n) is 2.97. The van der Waals surface area contributed by atoms with Crippen molar-refractivity contribution in [2.45, 2.75) is 12.8 Å². The molecule has 0 aromatic carbocycles. The van der Waals surface area contributed by atoms with Crippen LogP contribution in [0.5, 0.6) is 0 Å². The summed E-state index contributed by atoms with van der Waals surface area (Å²) in [5, 5.41) is 2.57. The van der Waals surface area contributed by atoms with E-state index in [0.29, 0.717) is 5.06 Å². The quantitative estimate of drug-likeness (QED) is 0.485. The van der Waals surface area contributed by atoms with Gasteiger partial charge in [-0.2, -0.15) is 0 Å². The fraction of sp³-hybridized carbons (Fsp3) is 0.333. The molecule has 0 atom stereocenters. The van der Waals surface area contributed by atoms with Crippen LogP contribution in [-0.4, -0.2) is 35.3 Å². The molecule has 0 aromatic heterocycles. The monoisotopic (exact) mass is 226 g/mol. The molecule has 1 aliphatic heterocycles. The molecule has 7 heteroatoms. The van der Waals surface area contributed by atoms with Gasteiger partial charge in [-0.3, -0.25) is 14.4 Å². The molecule has 16 heavy (non-hydrogen) atoms. The van der Waals surface area contributed by atoms with Crippen LogP contribution in [0.25, 0.3) is 0 Å². The third-order valence-corrected chi connectivity index (χ3v) is 1.79. The van der Waals surface area contributed by atoms with Gasteiger partial charge in [0.1, 0.15) is 6.54 Å². The number of amides is 3. The fourth-order valence-corrected chi connectivity index (χ4v) is 1.02. The summed E-state index contributed by atoms with van der Waals surface area (Å²) in [4.78, 5) is 48.3. The molecule has 7 nitrogen and oxygen atoms in total. The van der Waals surface area contributed by atoms with E-state index in [1.807, 2.05) is 0 Å². The van der Waals surface area contributed by atoms with Gasteiger partial charge in [-0.25, -0.2) is 4.79 Å². The predicted octanol–water partition coefficient (Wildman–Crippen LogP) is -1.10. The van der Waals surface area contributed by atoms with Crippen molar-refractivity contribution in [1.29, 1.82) is 0 Å². The first kappa shape index (κ1) is 11.9. The van der Waals surface area contributed by atoms with Crippen LogP contribution in [0.3, 0.4) is 0 Å². The summed E-state index contributed by atoms with van der Waals surface area (Å²) in [7, 11) is 0. The Labute approximate surface area is 91.0 Å². The highest BCUT2D eigenvalue weighted by molar-refractivity contribution is 6.01. The van der Waals surface area contributed by atoms with Gasteiger partial charge < -0.3 is 10.2 Å². The van der Waals surface area contributed by atoms with Gasteiger partial charge in [0.25, 0.3) is 11.8 Å². The molecule has 0 bridgehead atoms. The van der Waals surface area contributed by atoms with Gasteiger partial charge >= 0.3 is 5.97 Å². The molecular formula is C9H10N2O5. The summed E-state index contributed by atoms with van der Waals surface area (Å²) < 4.78 is 0. The summed E-state index contributed by atoms with van der Waals surface area (Å²) in [6, 6.07) is 0. The molecule has 3 amide bonds. The first-order valence-electron chi connectivity index (χ1n) is 4.51. The second-order valence-corrected chi connectivity index (χ2v) is 2.97. The summed E-state index contributed by atoms with van der Waals surface area (Å²) in [6.07, 6.45) is 1.05. The molecule has 1 aliphatic rings. The van der Waals surface area contributed by atoms with Crippen molar-refractivity contribution >= 4 is 23.7 Å². The molecule has 0 aromatic rings. The number of rotatable bonds is 4. The van der Waals surface area contributed by atoms with Crippen molar-refractivity contribution in [3.05, 3.63) is 12.7 Å². The van der Waals surface area contributed by atoms with Crippen molar-refractivity contribution < 1.29 is 24.0 Å². The maximum Gasteiger partial charge on any atom is 0.352 e. The zero-order valence-corrected chi connectivity index (χ0v) is 8.39. The SMILES string of the molecule is C=CC(=O)NCC(=O)ON1C(=O)CCC1=O. The molecule has 1 N–H and O–H groups in total. The number of carbonyl (C=O) groups excluding carboxylic acids is 4. The zero-order chi connectivity index (χ0) is 12.1. The van der Waals surface area contributed by atoms with Crippen LogP contribution in [-0.2, 0) is 24.0 Å². The van der Waals surface area contributed by atoms with Gasteiger partial charge in [0.2, 0.25) is 5.91 Å². The third-order valence-electron chi connectivity index (χ3n) is 1.79. The van der Waals surface area contributed by atoms with Crippen LogP contribution in [0.2, 0.25) is 0 Å². The first-order valence-corrected chi connectivity index (χ1v) is 4.51. The largest absolute Gasteiger partial charge is 0.352 e. The smallest absolute Gasteiger partial charge is 0.342 e. The molecule has 1 saturated heterocycles. The Morgan fingerprint density at radius 2 is 1.94 bits per heavy atom. The van der Waals surface area contributed by atoms with Crippen molar-refractivity contribution in [2.24, 2.45) is 0 Å². The normalized spacial score (nSPS) is 14.9. The minimum absolute atomic E-state index is 0.0329. The summed E-state index contributed by atoms with van der Waals surface area (Å²) >= 11 is 0. The van der Waals surface area contributed by atoms with E-state index >= 15 is 0 Å². The standard InChI is InChI=1S/C9H10N2O5/c1-2-6(12)10-5-9(15)16-11-7(13)3-4-8(11)14/h2H,1,3-5H2,(H,10,12). The highest BCUT2D eigenvalue weighted by atomic mass is 16.7. The maximum atomic E-state index is 11.1. The van der Waals surface area contributed by atoms with Crippen molar-refractivity contribution in [2.75, 3.05) is 6.54 Å². The molecule has 0 saturated carbocycles. The minimum Gasteiger partial charge on any atom is -0.342 e. The number of nitrogens with zero attached hydrogens (tertiary/aromatic N) is 1. The van der Waals surface area contributed by atoms with Gasteiger partial charge in [0, 0.05) is 12.8 Å². The lowest BCUT2D eigenvalue weighted by atomic mass is 10.4. The average molecular weight is 226 g/mol. The molecule has 1 fully saturated rings. The first-order chi connectivity index (χ1) is 7.54. The van der Waals surface area contributed by atoms with Crippen LogP contribution < -0.4 is 5.32 Å². The summed E-state index contributed by atoms with van der Waals surface area (Å²) in [5.74, 6) is -2.56. The Kier molecular flexibility index (Phi) is 3.76. The molecule has 0 radical (unpaired) electrons. The number of carbonyl (C=O) groups is 4. The number of hydrogen-bond donors (Lipinski definition) is 1. The Hall–Kier alpha value is -2.18. The highest BCUT2D eigenvalue weighted by Gasteiger charge is 2.32. The van der Waals surface area contributed by atoms with E-state index in [9.17, 15) is 19.2 Å². The molecule has 1 rings (SSSR count). The van der Waals surface area contributed by atoms with Crippen LogP contribution >= 0.6 is 0 Å². The van der Waals surface area contributed by atoms with E-state index in [4.69, 9.17) is 0 Å². The topological polar surface area (TPSA) is 92.8 Å². The fourth-order valence-electron chi connectivity index (χ4n) is 1.02. The lowest BCUT2D eigenvalue weighted by molar-refractivity contribution is -0.196. The lowest BCUT2D eigenvalue weighted by Gasteiger charge is -2.12. The van der Waals surface area contributed by atoms with E-state index < -0.39 is 30.2 Å². The Morgan fingerprint density at radius 1 is 1.38 bits per heavy atom. The zero-order valence-electron chi connectivity index (χ0n) is 8.39. The van der Waals surface area contributed by atoms with Crippen LogP contribution in [0.15, 0.2) is 12.7 Å². The van der Waals surface area contributed by atoms with E-state index in [-0.39, 0.29) is 12.8 Å². The number of hydroxylamine groups is 2. The van der Waals surface area contributed by atoms with Gasteiger partial charge in [0.05, 0.1) is 0 Å². The number of hydrogen-bond acceptors (Lipinski definition) is 5. The van der Waals surface area contributed by atoms with Crippen molar-refractivity contribution in [1.82, 2.24) is 10.4 Å². The van der Waals surface area contributed by atoms with E-state index in [1.165, 1.54) is 0 Å². The van der Waals surface area contributed by atoms with E-state index in [2.05, 4.69) is 16.7 Å². The Balaban J connectivity index is 2.39. The predicted molar refractivity (Wildman–Crippen MR) is 50.4 cm³/mol. The number of nitrogens with one attached hydrogen (secondary N) is 1. The summed E-state index contributed by atoms with van der Waals surface area (Å²) in [5.41, 5.74) is 0. The van der Waals surface area contributed by atoms with Crippen LogP contribution in [0, 0.1) is 0 Å². The van der Waals surface area contributed by atoms with Gasteiger partial charge in [-0.05, 0) is 6.08 Å². The average Bonchev–Trinajstić information content (AvgIpc) is 2.57. The molecule has 0 spiro atoms. The van der Waals surface area contributed by atoms with Crippen molar-refractivity contribution in [3.8, 4) is 0 Å². The summed E-state index contributed by atoms with van der Waals surface area (Å²) in [6.45, 7) is 2.75. The second kappa shape index (κ2) is 5.06. The van der Waals surface area contributed by atoms with Gasteiger partial charge in [0.15, 0.2) is 0 Å². The van der Waals surface area contributed by atoms with Gasteiger partial charge in [-0.1, -0.05) is 6.58 Å². The van der Waals surface area contributed by atoms with E-state index in [1.54, 1.807) is 0 Å². The molecule has 1 heterocycles. The third kappa shape index (κ3) is 2.91. The molecule has 0 aliphatic carbocycles. The van der Waals surface area contributed by atoms with Crippen LogP contribution in [0.4, 0.5) is 0 Å². The van der Waals surface area contributed by atoms with Gasteiger partial charge in [-0.15, -0.1) is 5.06 Å². The van der Waals surface area contributed by atoms with Crippen LogP contribution in [0.1, 0.15) is 12.8 Å². The Bertz CT molecular complexity index is 347. The molecule has 0 unspecified atom stereocenters. The Morgan fingerprint density at radius 3 is 2.44 bits per heavy atom.